The molecule has 1 aromatic carbocycles. The normalized spacial score (nSPS) is 15.9. The van der Waals surface area contributed by atoms with Gasteiger partial charge in [-0.05, 0) is 42.7 Å². The van der Waals surface area contributed by atoms with Crippen molar-refractivity contribution in [3.05, 3.63) is 35.4 Å². The zero-order valence-corrected chi connectivity index (χ0v) is 12.2. The summed E-state index contributed by atoms with van der Waals surface area (Å²) in [7, 11) is 0. The molecule has 0 aliphatic heterocycles. The Labute approximate surface area is 121 Å². The number of aliphatic hydroxyl groups is 1. The van der Waals surface area contributed by atoms with E-state index in [1.807, 2.05) is 18.2 Å². The Balaban J connectivity index is 1.82. The summed E-state index contributed by atoms with van der Waals surface area (Å²) in [6, 6.07) is 8.03. The molecule has 3 heteroatoms. The Morgan fingerprint density at radius 3 is 2.85 bits per heavy atom. The van der Waals surface area contributed by atoms with E-state index in [1.54, 1.807) is 0 Å². The Hall–Kier alpha value is -1.35. The molecule has 1 aromatic rings. The molecule has 0 radical (unpaired) electrons. The molecule has 1 N–H and O–H groups in total. The molecule has 0 heterocycles. The smallest absolute Gasteiger partial charge is 0.305 e. The highest BCUT2D eigenvalue weighted by Gasteiger charge is 2.27. The van der Waals surface area contributed by atoms with Crippen LogP contribution in [0.5, 0.6) is 0 Å². The standard InChI is InChI=1S/C17H24O3/c1-2-3-12-20-17(19)11-10-16(18)15-7-5-4-6-14(15)13-8-9-13/h4-7,13,16,18H,2-3,8-12H2,1H3. The molecule has 0 spiro atoms. The van der Waals surface area contributed by atoms with Crippen LogP contribution in [0.1, 0.15) is 68.6 Å². The second-order valence-electron chi connectivity index (χ2n) is 5.53. The monoisotopic (exact) mass is 276 g/mol. The van der Waals surface area contributed by atoms with E-state index in [1.165, 1.54) is 18.4 Å². The van der Waals surface area contributed by atoms with Crippen LogP contribution in [0.3, 0.4) is 0 Å². The summed E-state index contributed by atoms with van der Waals surface area (Å²) in [5.74, 6) is 0.402. The van der Waals surface area contributed by atoms with E-state index >= 15 is 0 Å². The Bertz CT molecular complexity index is 438. The average Bonchev–Trinajstić information content (AvgIpc) is 3.29. The number of rotatable bonds is 8. The van der Waals surface area contributed by atoms with E-state index in [-0.39, 0.29) is 12.4 Å². The number of benzene rings is 1. The summed E-state index contributed by atoms with van der Waals surface area (Å²) in [5.41, 5.74) is 2.23. The molecule has 0 aromatic heterocycles. The highest BCUT2D eigenvalue weighted by atomic mass is 16.5. The van der Waals surface area contributed by atoms with Gasteiger partial charge in [-0.25, -0.2) is 0 Å². The first-order valence-electron chi connectivity index (χ1n) is 7.65. The number of ether oxygens (including phenoxy) is 1. The molecule has 1 unspecified atom stereocenters. The van der Waals surface area contributed by atoms with Crippen LogP contribution in [0.15, 0.2) is 24.3 Å². The molecule has 110 valence electrons. The lowest BCUT2D eigenvalue weighted by Gasteiger charge is -2.15. The second kappa shape index (κ2) is 7.44. The number of hydrogen-bond acceptors (Lipinski definition) is 3. The lowest BCUT2D eigenvalue weighted by atomic mass is 9.96. The van der Waals surface area contributed by atoms with E-state index < -0.39 is 6.10 Å². The number of esters is 1. The SMILES string of the molecule is CCCCOC(=O)CCC(O)c1ccccc1C1CC1. The first-order chi connectivity index (χ1) is 9.72. The summed E-state index contributed by atoms with van der Waals surface area (Å²) >= 11 is 0. The van der Waals surface area contributed by atoms with E-state index in [2.05, 4.69) is 13.0 Å². The molecule has 0 saturated heterocycles. The molecule has 1 fully saturated rings. The quantitative estimate of drug-likeness (QED) is 0.581. The van der Waals surface area contributed by atoms with Gasteiger partial charge in [-0.2, -0.15) is 0 Å². The first kappa shape index (κ1) is 15.0. The Morgan fingerprint density at radius 1 is 1.40 bits per heavy atom. The van der Waals surface area contributed by atoms with E-state index in [4.69, 9.17) is 4.74 Å². The number of carbonyl (C=O) groups excluding carboxylic acids is 1. The van der Waals surface area contributed by atoms with Gasteiger partial charge in [0.1, 0.15) is 0 Å². The summed E-state index contributed by atoms with van der Waals surface area (Å²) < 4.78 is 5.11. The summed E-state index contributed by atoms with van der Waals surface area (Å²) in [4.78, 5) is 11.6. The van der Waals surface area contributed by atoms with Gasteiger partial charge in [-0.3, -0.25) is 4.79 Å². The largest absolute Gasteiger partial charge is 0.466 e. The maximum Gasteiger partial charge on any atom is 0.305 e. The Morgan fingerprint density at radius 2 is 2.15 bits per heavy atom. The fourth-order valence-electron chi connectivity index (χ4n) is 2.39. The zero-order chi connectivity index (χ0) is 14.4. The van der Waals surface area contributed by atoms with Crippen molar-refractivity contribution in [2.45, 2.75) is 57.5 Å². The van der Waals surface area contributed by atoms with Gasteiger partial charge in [-0.1, -0.05) is 37.6 Å². The van der Waals surface area contributed by atoms with Gasteiger partial charge in [0.2, 0.25) is 0 Å². The van der Waals surface area contributed by atoms with Crippen LogP contribution in [0, 0.1) is 0 Å². The molecule has 1 atom stereocenters. The first-order valence-corrected chi connectivity index (χ1v) is 7.65. The minimum atomic E-state index is -0.564. The zero-order valence-electron chi connectivity index (χ0n) is 12.2. The fourth-order valence-corrected chi connectivity index (χ4v) is 2.39. The molecule has 3 nitrogen and oxygen atoms in total. The lowest BCUT2D eigenvalue weighted by molar-refractivity contribution is -0.144. The van der Waals surface area contributed by atoms with Crippen molar-refractivity contribution in [1.82, 2.24) is 0 Å². The summed E-state index contributed by atoms with van der Waals surface area (Å²) in [6.07, 6.45) is 4.50. The van der Waals surface area contributed by atoms with Gasteiger partial charge in [-0.15, -0.1) is 0 Å². The van der Waals surface area contributed by atoms with E-state index in [0.717, 1.165) is 18.4 Å². The van der Waals surface area contributed by atoms with Crippen LogP contribution >= 0.6 is 0 Å². The number of aliphatic hydroxyl groups excluding tert-OH is 1. The van der Waals surface area contributed by atoms with Gasteiger partial charge in [0.05, 0.1) is 12.7 Å². The van der Waals surface area contributed by atoms with Crippen molar-refractivity contribution in [1.29, 1.82) is 0 Å². The predicted octanol–water partition coefficient (Wildman–Crippen LogP) is 3.72. The van der Waals surface area contributed by atoms with Crippen molar-refractivity contribution < 1.29 is 14.6 Å². The number of unbranched alkanes of at least 4 members (excludes halogenated alkanes) is 1. The number of hydrogen-bond donors (Lipinski definition) is 1. The molecule has 20 heavy (non-hydrogen) atoms. The van der Waals surface area contributed by atoms with Crippen molar-refractivity contribution in [3.63, 3.8) is 0 Å². The van der Waals surface area contributed by atoms with Crippen LogP contribution in [0.2, 0.25) is 0 Å². The van der Waals surface area contributed by atoms with Gasteiger partial charge in [0.25, 0.3) is 0 Å². The third kappa shape index (κ3) is 4.34. The molecule has 1 aliphatic carbocycles. The molecule has 2 rings (SSSR count). The average molecular weight is 276 g/mol. The van der Waals surface area contributed by atoms with E-state index in [0.29, 0.717) is 18.9 Å². The lowest BCUT2D eigenvalue weighted by Crippen LogP contribution is -2.09. The predicted molar refractivity (Wildman–Crippen MR) is 78.5 cm³/mol. The second-order valence-corrected chi connectivity index (χ2v) is 5.53. The fraction of sp³-hybridized carbons (Fsp3) is 0.588. The molecule has 1 saturated carbocycles. The van der Waals surface area contributed by atoms with Crippen LogP contribution in [-0.2, 0) is 9.53 Å². The van der Waals surface area contributed by atoms with Crippen molar-refractivity contribution in [2.75, 3.05) is 6.61 Å². The van der Waals surface area contributed by atoms with Gasteiger partial charge < -0.3 is 9.84 Å². The van der Waals surface area contributed by atoms with Gasteiger partial charge in [0, 0.05) is 6.42 Å². The summed E-state index contributed by atoms with van der Waals surface area (Å²) in [5, 5.41) is 10.3. The van der Waals surface area contributed by atoms with Crippen molar-refractivity contribution in [2.24, 2.45) is 0 Å². The van der Waals surface area contributed by atoms with Crippen LogP contribution in [-0.4, -0.2) is 17.7 Å². The van der Waals surface area contributed by atoms with Crippen LogP contribution in [0.25, 0.3) is 0 Å². The minimum absolute atomic E-state index is 0.207. The third-order valence-electron chi connectivity index (χ3n) is 3.76. The van der Waals surface area contributed by atoms with Crippen molar-refractivity contribution in [3.8, 4) is 0 Å². The highest BCUT2D eigenvalue weighted by molar-refractivity contribution is 5.69. The van der Waals surface area contributed by atoms with E-state index in [9.17, 15) is 9.90 Å². The molecular formula is C17H24O3. The minimum Gasteiger partial charge on any atom is -0.466 e. The maximum atomic E-state index is 11.6. The van der Waals surface area contributed by atoms with Gasteiger partial charge in [0.15, 0.2) is 0 Å². The highest BCUT2D eigenvalue weighted by Crippen LogP contribution is 2.43. The van der Waals surface area contributed by atoms with Crippen LogP contribution < -0.4 is 0 Å². The van der Waals surface area contributed by atoms with Gasteiger partial charge >= 0.3 is 5.97 Å². The van der Waals surface area contributed by atoms with Crippen molar-refractivity contribution >= 4 is 5.97 Å². The number of carbonyl (C=O) groups is 1. The Kier molecular flexibility index (Phi) is 5.60. The summed E-state index contributed by atoms with van der Waals surface area (Å²) in [6.45, 7) is 2.55. The molecule has 0 amide bonds. The van der Waals surface area contributed by atoms with Crippen LogP contribution in [0.4, 0.5) is 0 Å². The third-order valence-corrected chi connectivity index (χ3v) is 3.76. The molecular weight excluding hydrogens is 252 g/mol. The molecule has 1 aliphatic rings. The molecule has 0 bridgehead atoms. The topological polar surface area (TPSA) is 46.5 Å². The maximum absolute atomic E-state index is 11.6.